The van der Waals surface area contributed by atoms with Gasteiger partial charge in [0.15, 0.2) is 5.82 Å². The number of halogens is 1. The van der Waals surface area contributed by atoms with Crippen molar-refractivity contribution in [1.82, 2.24) is 15.2 Å². The molecule has 0 unspecified atom stereocenters. The van der Waals surface area contributed by atoms with Gasteiger partial charge >= 0.3 is 0 Å². The Hall–Kier alpha value is -3.22. The van der Waals surface area contributed by atoms with Crippen LogP contribution in [0, 0.1) is 5.82 Å². The topological polar surface area (TPSA) is 72.0 Å². The maximum atomic E-state index is 13.7. The highest BCUT2D eigenvalue weighted by atomic mass is 19.1. The van der Waals surface area contributed by atoms with Crippen molar-refractivity contribution in [2.24, 2.45) is 0 Å². The fourth-order valence-electron chi connectivity index (χ4n) is 1.99. The fraction of sp³-hybridized carbons (Fsp3) is 0.0625. The van der Waals surface area contributed by atoms with Crippen LogP contribution in [0.1, 0.15) is 0 Å². The third-order valence-electron chi connectivity index (χ3n) is 3.05. The van der Waals surface area contributed by atoms with E-state index in [0.717, 1.165) is 5.69 Å². The molecular weight excluding hydrogens is 297 g/mol. The lowest BCUT2D eigenvalue weighted by Crippen LogP contribution is -2.03. The predicted octanol–water partition coefficient (Wildman–Crippen LogP) is 3.51. The molecule has 0 spiro atoms. The highest BCUT2D eigenvalue weighted by Crippen LogP contribution is 2.26. The van der Waals surface area contributed by atoms with Gasteiger partial charge in [0.2, 0.25) is 5.95 Å². The van der Waals surface area contributed by atoms with Gasteiger partial charge in [-0.2, -0.15) is 10.1 Å². The van der Waals surface area contributed by atoms with Gasteiger partial charge in [0.25, 0.3) is 0 Å². The van der Waals surface area contributed by atoms with Crippen molar-refractivity contribution in [2.45, 2.75) is 0 Å². The molecule has 1 heterocycles. The Balaban J connectivity index is 1.81. The number of ether oxygens (including phenoxy) is 1. The first kappa shape index (κ1) is 14.7. The van der Waals surface area contributed by atoms with Gasteiger partial charge in [0, 0.05) is 0 Å². The van der Waals surface area contributed by atoms with Crippen LogP contribution >= 0.6 is 0 Å². The summed E-state index contributed by atoms with van der Waals surface area (Å²) in [5.74, 6) is 0.937. The first-order chi connectivity index (χ1) is 11.3. The molecule has 0 atom stereocenters. The number of aromatic nitrogens is 3. The number of hydrogen-bond acceptors (Lipinski definition) is 6. The Labute approximate surface area is 132 Å². The van der Waals surface area contributed by atoms with E-state index in [4.69, 9.17) is 4.74 Å². The second-order valence-corrected chi connectivity index (χ2v) is 4.60. The molecule has 0 amide bonds. The summed E-state index contributed by atoms with van der Waals surface area (Å²) in [6.45, 7) is 0. The first-order valence-electron chi connectivity index (χ1n) is 6.87. The predicted molar refractivity (Wildman–Crippen MR) is 85.8 cm³/mol. The number of para-hydroxylation sites is 3. The van der Waals surface area contributed by atoms with E-state index < -0.39 is 0 Å². The van der Waals surface area contributed by atoms with Gasteiger partial charge in [-0.05, 0) is 24.3 Å². The molecule has 3 rings (SSSR count). The van der Waals surface area contributed by atoms with E-state index in [2.05, 4.69) is 25.8 Å². The maximum absolute atomic E-state index is 13.7. The second-order valence-electron chi connectivity index (χ2n) is 4.60. The van der Waals surface area contributed by atoms with Crippen LogP contribution in [-0.4, -0.2) is 22.3 Å². The fourth-order valence-corrected chi connectivity index (χ4v) is 1.99. The lowest BCUT2D eigenvalue weighted by atomic mass is 10.3. The third-order valence-corrected chi connectivity index (χ3v) is 3.05. The zero-order chi connectivity index (χ0) is 16.1. The van der Waals surface area contributed by atoms with Gasteiger partial charge in [-0.25, -0.2) is 4.39 Å². The largest absolute Gasteiger partial charge is 0.495 e. The summed E-state index contributed by atoms with van der Waals surface area (Å²) >= 11 is 0. The Morgan fingerprint density at radius 2 is 1.70 bits per heavy atom. The Kier molecular flexibility index (Phi) is 4.28. The van der Waals surface area contributed by atoms with E-state index in [9.17, 15) is 4.39 Å². The third kappa shape index (κ3) is 3.52. The monoisotopic (exact) mass is 311 g/mol. The van der Waals surface area contributed by atoms with Crippen LogP contribution in [0.3, 0.4) is 0 Å². The first-order valence-corrected chi connectivity index (χ1v) is 6.87. The molecule has 7 heteroatoms. The molecule has 0 aliphatic carbocycles. The maximum Gasteiger partial charge on any atom is 0.249 e. The van der Waals surface area contributed by atoms with Crippen LogP contribution in [0.2, 0.25) is 0 Å². The molecule has 23 heavy (non-hydrogen) atoms. The number of rotatable bonds is 5. The molecule has 2 N–H and O–H groups in total. The smallest absolute Gasteiger partial charge is 0.249 e. The van der Waals surface area contributed by atoms with Gasteiger partial charge in [0.05, 0.1) is 24.7 Å². The summed E-state index contributed by atoms with van der Waals surface area (Å²) in [7, 11) is 1.59. The molecule has 0 fully saturated rings. The summed E-state index contributed by atoms with van der Waals surface area (Å²) in [6.07, 6.45) is 1.47. The number of methoxy groups -OCH3 is 1. The van der Waals surface area contributed by atoms with Crippen LogP contribution < -0.4 is 15.4 Å². The summed E-state index contributed by atoms with van der Waals surface area (Å²) < 4.78 is 18.9. The molecule has 116 valence electrons. The van der Waals surface area contributed by atoms with Crippen molar-refractivity contribution in [1.29, 1.82) is 0 Å². The average Bonchev–Trinajstić information content (AvgIpc) is 2.58. The van der Waals surface area contributed by atoms with Crippen molar-refractivity contribution >= 4 is 23.1 Å². The lowest BCUT2D eigenvalue weighted by molar-refractivity contribution is 0.417. The van der Waals surface area contributed by atoms with Gasteiger partial charge in [-0.15, -0.1) is 5.10 Å². The zero-order valence-corrected chi connectivity index (χ0v) is 12.3. The standard InChI is InChI=1S/C16H14FN5O/c1-23-14-9-5-4-8-13(14)19-15-10-18-22-16(21-15)20-12-7-3-2-6-11(12)17/h2-10H,1H3,(H2,19,20,21,22). The van der Waals surface area contributed by atoms with Crippen LogP contribution in [0.5, 0.6) is 5.75 Å². The van der Waals surface area contributed by atoms with E-state index in [1.807, 2.05) is 24.3 Å². The van der Waals surface area contributed by atoms with Crippen molar-refractivity contribution < 1.29 is 9.13 Å². The van der Waals surface area contributed by atoms with Gasteiger partial charge < -0.3 is 15.4 Å². The lowest BCUT2D eigenvalue weighted by Gasteiger charge is -2.10. The average molecular weight is 311 g/mol. The summed E-state index contributed by atoms with van der Waals surface area (Å²) in [6, 6.07) is 13.7. The highest BCUT2D eigenvalue weighted by molar-refractivity contribution is 5.64. The number of nitrogens with one attached hydrogen (secondary N) is 2. The highest BCUT2D eigenvalue weighted by Gasteiger charge is 2.07. The Bertz CT molecular complexity index is 812. The van der Waals surface area contributed by atoms with Crippen molar-refractivity contribution in [3.63, 3.8) is 0 Å². The summed E-state index contributed by atoms with van der Waals surface area (Å²) in [5.41, 5.74) is 1.02. The quantitative estimate of drug-likeness (QED) is 0.751. The molecule has 0 radical (unpaired) electrons. The second kappa shape index (κ2) is 6.69. The van der Waals surface area contributed by atoms with Crippen molar-refractivity contribution in [2.75, 3.05) is 17.7 Å². The molecule has 2 aromatic carbocycles. The molecule has 0 saturated carbocycles. The molecule has 3 aromatic rings. The minimum Gasteiger partial charge on any atom is -0.495 e. The zero-order valence-electron chi connectivity index (χ0n) is 12.3. The van der Waals surface area contributed by atoms with Gasteiger partial charge in [-0.3, -0.25) is 0 Å². The molecule has 0 aliphatic rings. The number of hydrogen-bond donors (Lipinski definition) is 2. The number of anilines is 4. The van der Waals surface area contributed by atoms with E-state index in [1.54, 1.807) is 25.3 Å². The van der Waals surface area contributed by atoms with E-state index in [0.29, 0.717) is 11.6 Å². The SMILES string of the molecule is COc1ccccc1Nc1cnnc(Nc2ccccc2F)n1. The van der Waals surface area contributed by atoms with Crippen LogP contribution in [0.4, 0.5) is 27.5 Å². The molecule has 0 bridgehead atoms. The van der Waals surface area contributed by atoms with E-state index >= 15 is 0 Å². The molecule has 1 aromatic heterocycles. The van der Waals surface area contributed by atoms with E-state index in [1.165, 1.54) is 12.3 Å². The van der Waals surface area contributed by atoms with Crippen molar-refractivity contribution in [3.8, 4) is 5.75 Å². The Morgan fingerprint density at radius 3 is 2.48 bits per heavy atom. The molecule has 0 saturated heterocycles. The summed E-state index contributed by atoms with van der Waals surface area (Å²) in [5, 5.41) is 13.6. The summed E-state index contributed by atoms with van der Waals surface area (Å²) in [4.78, 5) is 4.26. The number of nitrogens with zero attached hydrogens (tertiary/aromatic N) is 3. The molecular formula is C16H14FN5O. The van der Waals surface area contributed by atoms with Gasteiger partial charge in [-0.1, -0.05) is 24.3 Å². The van der Waals surface area contributed by atoms with Crippen molar-refractivity contribution in [3.05, 3.63) is 60.5 Å². The van der Waals surface area contributed by atoms with Crippen LogP contribution in [0.15, 0.2) is 54.7 Å². The molecule has 6 nitrogen and oxygen atoms in total. The molecule has 0 aliphatic heterocycles. The minimum atomic E-state index is -0.390. The van der Waals surface area contributed by atoms with Crippen LogP contribution in [0.25, 0.3) is 0 Å². The van der Waals surface area contributed by atoms with Crippen LogP contribution in [-0.2, 0) is 0 Å². The minimum absolute atomic E-state index is 0.190. The normalized spacial score (nSPS) is 10.2. The number of benzene rings is 2. The van der Waals surface area contributed by atoms with E-state index in [-0.39, 0.29) is 17.5 Å². The van der Waals surface area contributed by atoms with Gasteiger partial charge in [0.1, 0.15) is 11.6 Å². The Morgan fingerprint density at radius 1 is 0.957 bits per heavy atom.